The molecule has 0 bridgehead atoms. The normalized spacial score (nSPS) is 14.6. The minimum atomic E-state index is -1.40. The second kappa shape index (κ2) is 18.8. The van der Waals surface area contributed by atoms with Gasteiger partial charge in [0.05, 0.1) is 50.5 Å². The lowest BCUT2D eigenvalue weighted by Crippen LogP contribution is -2.34. The average Bonchev–Trinajstić information content (AvgIpc) is 3.15. The third-order valence-corrected chi connectivity index (χ3v) is 10.8. The first kappa shape index (κ1) is 39.5. The number of azo groups is 2. The Morgan fingerprint density at radius 3 is 2.08 bits per heavy atom. The first-order valence-electron chi connectivity index (χ1n) is 17.8. The highest BCUT2D eigenvalue weighted by atomic mass is 31.2. The number of benzene rings is 3. The van der Waals surface area contributed by atoms with Gasteiger partial charge in [-0.05, 0) is 77.1 Å². The van der Waals surface area contributed by atoms with Crippen LogP contribution in [0.25, 0.3) is 0 Å². The fourth-order valence-electron chi connectivity index (χ4n) is 6.50. The molecule has 1 atom stereocenters. The molecule has 2 heterocycles. The number of hydrogen-bond acceptors (Lipinski definition) is 14. The molecule has 0 aliphatic carbocycles. The summed E-state index contributed by atoms with van der Waals surface area (Å²) in [6, 6.07) is 13.7. The summed E-state index contributed by atoms with van der Waals surface area (Å²) in [6.45, 7) is 11.3. The van der Waals surface area contributed by atoms with Crippen LogP contribution in [0.3, 0.4) is 0 Å². The number of ether oxygens (including phenoxy) is 3. The van der Waals surface area contributed by atoms with Crippen molar-refractivity contribution in [1.82, 2.24) is 4.67 Å². The lowest BCUT2D eigenvalue weighted by Gasteiger charge is -2.38. The highest BCUT2D eigenvalue weighted by molar-refractivity contribution is 7.44. The van der Waals surface area contributed by atoms with Gasteiger partial charge in [0.2, 0.25) is 0 Å². The molecule has 0 N–H and O–H groups in total. The molecule has 5 rings (SSSR count). The van der Waals surface area contributed by atoms with E-state index in [0.29, 0.717) is 46.6 Å². The van der Waals surface area contributed by atoms with Crippen LogP contribution in [0, 0.1) is 21.4 Å². The van der Waals surface area contributed by atoms with Crippen molar-refractivity contribution in [1.29, 1.82) is 5.26 Å². The van der Waals surface area contributed by atoms with Gasteiger partial charge in [-0.3, -0.25) is 10.1 Å². The van der Waals surface area contributed by atoms with E-state index in [9.17, 15) is 10.1 Å². The predicted octanol–water partition coefficient (Wildman–Crippen LogP) is 9.81. The Bertz CT molecular complexity index is 1820. The number of methoxy groups -OCH3 is 2. The highest BCUT2D eigenvalue weighted by Crippen LogP contribution is 2.48. The average molecular weight is 747 g/mol. The smallest absolute Gasteiger partial charge is 0.269 e. The zero-order chi connectivity index (χ0) is 37.9. The molecule has 0 fully saturated rings. The summed E-state index contributed by atoms with van der Waals surface area (Å²) >= 11 is 0. The van der Waals surface area contributed by atoms with Crippen molar-refractivity contribution < 1.29 is 28.2 Å². The van der Waals surface area contributed by atoms with E-state index in [1.54, 1.807) is 12.1 Å². The van der Waals surface area contributed by atoms with E-state index in [0.717, 1.165) is 44.3 Å². The highest BCUT2D eigenvalue weighted by Gasteiger charge is 2.30. The maximum absolute atomic E-state index is 11.0. The lowest BCUT2D eigenvalue weighted by molar-refractivity contribution is -0.384. The Hall–Kier alpha value is -4.74. The maximum atomic E-state index is 11.0. The van der Waals surface area contributed by atoms with E-state index in [1.165, 1.54) is 49.7 Å². The first-order valence-corrected chi connectivity index (χ1v) is 18.9. The molecule has 2 aliphatic heterocycles. The quantitative estimate of drug-likeness (QED) is 0.0401. The molecule has 0 radical (unpaired) electrons. The Kier molecular flexibility index (Phi) is 14.0. The molecule has 0 saturated heterocycles. The third-order valence-electron chi connectivity index (χ3n) is 8.73. The lowest BCUT2D eigenvalue weighted by atomic mass is 9.90. The number of anilines is 1. The van der Waals surface area contributed by atoms with Crippen LogP contribution in [-0.4, -0.2) is 68.8 Å². The van der Waals surface area contributed by atoms with Gasteiger partial charge in [0, 0.05) is 60.7 Å². The second-order valence-corrected chi connectivity index (χ2v) is 14.5. The molecule has 1 unspecified atom stereocenters. The van der Waals surface area contributed by atoms with Gasteiger partial charge in [0.1, 0.15) is 35.2 Å². The van der Waals surface area contributed by atoms with Crippen molar-refractivity contribution in [2.75, 3.05) is 52.0 Å². The van der Waals surface area contributed by atoms with Crippen molar-refractivity contribution in [3.8, 4) is 23.3 Å². The summed E-state index contributed by atoms with van der Waals surface area (Å²) in [5, 5.41) is 38.0. The van der Waals surface area contributed by atoms with Crippen LogP contribution in [0.15, 0.2) is 62.9 Å². The number of nitro groups is 1. The summed E-state index contributed by atoms with van der Waals surface area (Å²) in [7, 11) is 1.65. The molecular weight excluding hydrogens is 699 g/mol. The van der Waals surface area contributed by atoms with E-state index in [2.05, 4.69) is 64.7 Å². The molecule has 3 aromatic rings. The van der Waals surface area contributed by atoms with Crippen LogP contribution in [0.2, 0.25) is 0 Å². The summed E-state index contributed by atoms with van der Waals surface area (Å²) in [6.07, 6.45) is 4.17. The van der Waals surface area contributed by atoms with Crippen molar-refractivity contribution in [3.63, 3.8) is 0 Å². The topological polar surface area (TPSA) is 169 Å². The van der Waals surface area contributed by atoms with Crippen LogP contribution in [0.4, 0.5) is 34.1 Å². The summed E-state index contributed by atoms with van der Waals surface area (Å²) in [4.78, 5) is 13.0. The number of rotatable bonds is 18. The minimum Gasteiger partial charge on any atom is -0.494 e. The molecule has 2 aliphatic rings. The van der Waals surface area contributed by atoms with Gasteiger partial charge >= 0.3 is 0 Å². The Morgan fingerprint density at radius 1 is 0.868 bits per heavy atom. The number of nitriles is 1. The van der Waals surface area contributed by atoms with Crippen molar-refractivity contribution in [2.45, 2.75) is 71.9 Å². The summed E-state index contributed by atoms with van der Waals surface area (Å²) in [5.41, 5.74) is 5.43. The van der Waals surface area contributed by atoms with Gasteiger partial charge in [0.15, 0.2) is 5.75 Å². The van der Waals surface area contributed by atoms with Crippen LogP contribution >= 0.6 is 8.53 Å². The molecule has 0 spiro atoms. The van der Waals surface area contributed by atoms with Crippen LogP contribution < -0.4 is 19.1 Å². The van der Waals surface area contributed by atoms with Crippen LogP contribution in [0.5, 0.6) is 17.2 Å². The zero-order valence-corrected chi connectivity index (χ0v) is 32.0. The van der Waals surface area contributed by atoms with Crippen molar-refractivity contribution in [2.24, 2.45) is 20.5 Å². The number of non-ortho nitro benzene ring substituents is 1. The third kappa shape index (κ3) is 9.83. The van der Waals surface area contributed by atoms with E-state index < -0.39 is 13.4 Å². The fraction of sp³-hybridized carbons (Fsp3) is 0.486. The molecule has 0 amide bonds. The second-order valence-electron chi connectivity index (χ2n) is 13.0. The molecule has 16 heteroatoms. The number of nitro benzene ring substituents is 1. The molecule has 15 nitrogen and oxygen atoms in total. The molecule has 0 aromatic heterocycles. The summed E-state index contributed by atoms with van der Waals surface area (Å²) < 4.78 is 32.4. The first-order chi connectivity index (χ1) is 25.6. The zero-order valence-electron chi connectivity index (χ0n) is 31.1. The molecule has 282 valence electrons. The van der Waals surface area contributed by atoms with Crippen molar-refractivity contribution in [3.05, 3.63) is 63.7 Å². The van der Waals surface area contributed by atoms with Gasteiger partial charge in [-0.25, -0.2) is 4.67 Å². The monoisotopic (exact) mass is 746 g/mol. The van der Waals surface area contributed by atoms with E-state index >= 15 is 0 Å². The predicted molar refractivity (Wildman–Crippen MR) is 203 cm³/mol. The fourth-order valence-corrected chi connectivity index (χ4v) is 8.08. The summed E-state index contributed by atoms with van der Waals surface area (Å²) in [5.74, 6) is 1.47. The molecular formula is C37H47N8O7P. The van der Waals surface area contributed by atoms with Crippen molar-refractivity contribution >= 4 is 42.7 Å². The van der Waals surface area contributed by atoms with Gasteiger partial charge in [-0.15, -0.1) is 15.3 Å². The van der Waals surface area contributed by atoms with E-state index in [1.807, 2.05) is 0 Å². The Labute approximate surface area is 311 Å². The van der Waals surface area contributed by atoms with Gasteiger partial charge < -0.3 is 28.2 Å². The largest absolute Gasteiger partial charge is 0.494 e. The molecule has 3 aromatic carbocycles. The van der Waals surface area contributed by atoms with Gasteiger partial charge in [-0.2, -0.15) is 10.4 Å². The van der Waals surface area contributed by atoms with Crippen LogP contribution in [-0.2, 0) is 21.9 Å². The maximum Gasteiger partial charge on any atom is 0.269 e. The Morgan fingerprint density at radius 2 is 1.47 bits per heavy atom. The van der Waals surface area contributed by atoms with Gasteiger partial charge in [0.25, 0.3) is 14.2 Å². The number of nitrogens with zero attached hydrogens (tertiary/aromatic N) is 8. The standard InChI is InChI=1S/C37H47N8O7P/c1-25(2)44(26(3)4)53(51-19-9-16-38)52-21-20-50-37-30-11-8-18-43-17-7-10-27(36(30)43)22-33(37)42-41-32-24-34(48-5)31(23-35(32)49-6)40-39-28-12-14-29(15-13-28)45(46)47/h12-15,22-26H,7-11,17-21H2,1-6H3. The van der Waals surface area contributed by atoms with E-state index in [4.69, 9.17) is 33.6 Å². The Balaban J connectivity index is 1.42. The molecule has 0 saturated carbocycles. The number of aryl methyl sites for hydroxylation is 1. The number of hydrogen-bond donors (Lipinski definition) is 0. The minimum absolute atomic E-state index is 0.0350. The van der Waals surface area contributed by atoms with Crippen LogP contribution in [0.1, 0.15) is 58.1 Å². The van der Waals surface area contributed by atoms with E-state index in [-0.39, 0.29) is 37.4 Å². The SMILES string of the molecule is COc1cc(N=Nc2cc3c4c(c2OCCOP(OCCC#N)N(C(C)C)C(C)C)CCCN4CCC3)c(OC)cc1N=Nc1ccc([N+](=O)[O-])cc1. The molecule has 53 heavy (non-hydrogen) atoms. The van der Waals surface area contributed by atoms with Gasteiger partial charge in [-0.1, -0.05) is 0 Å².